The van der Waals surface area contributed by atoms with Crippen LogP contribution in [0.15, 0.2) is 23.6 Å². The van der Waals surface area contributed by atoms with Gasteiger partial charge in [0.05, 0.1) is 81.0 Å². The Morgan fingerprint density at radius 1 is 0.942 bits per heavy atom. The number of rotatable bonds is 15. The summed E-state index contributed by atoms with van der Waals surface area (Å²) in [6.45, 7) is 2.31. The smallest absolute Gasteiger partial charge is 0.242 e. The molecule has 2 aromatic carbocycles. The zero-order chi connectivity index (χ0) is 49.5. The number of phenols is 2. The number of ketones is 2. The SMILES string of the molecule is COc1cccc2c1C(=O)c1c(O)c3c(c(O)c1C2=O)C[C@@](O)(c1csc(CN(C)C(=O)CNC(=O)CNC(=O)CNC(=O)CNC(C)=O)n1)C[C@@H]3O[C@H]1C[C@H]2[C@H](O[C@@H]3[C@@H](OC)OCCN32)[C@H](C)O1. The van der Waals surface area contributed by atoms with E-state index in [2.05, 4.69) is 31.2 Å². The van der Waals surface area contributed by atoms with Crippen molar-refractivity contribution in [2.75, 3.05) is 60.6 Å². The number of phenolic OH excluding ortho intramolecular Hbond substituents is 2. The number of amides is 5. The molecule has 5 aliphatic rings. The normalized spacial score (nSPS) is 25.8. The second kappa shape index (κ2) is 20.1. The number of carbonyl (C=O) groups excluding carboxylic acids is 7. The van der Waals surface area contributed by atoms with E-state index in [4.69, 9.17) is 28.4 Å². The maximum absolute atomic E-state index is 14.3. The van der Waals surface area contributed by atoms with E-state index < -0.39 is 120 Å². The minimum Gasteiger partial charge on any atom is -0.507 e. The molecule has 7 N–H and O–H groups in total. The molecule has 0 unspecified atom stereocenters. The molecule has 69 heavy (non-hydrogen) atoms. The summed E-state index contributed by atoms with van der Waals surface area (Å²) in [5.41, 5.74) is -2.80. The number of aromatic hydroxyl groups is 2. The highest BCUT2D eigenvalue weighted by Gasteiger charge is 2.55. The zero-order valence-corrected chi connectivity index (χ0v) is 39.1. The number of nitrogens with one attached hydrogen (secondary N) is 4. The number of methoxy groups -OCH3 is 2. The molecule has 0 saturated carbocycles. The third-order valence-electron chi connectivity index (χ3n) is 12.8. The summed E-state index contributed by atoms with van der Waals surface area (Å²) >= 11 is 1.12. The summed E-state index contributed by atoms with van der Waals surface area (Å²) in [6, 6.07) is 4.26. The molecule has 370 valence electrons. The van der Waals surface area contributed by atoms with Crippen LogP contribution in [0.3, 0.4) is 0 Å². The quantitative estimate of drug-likeness (QED) is 0.0718. The van der Waals surface area contributed by atoms with E-state index in [1.165, 1.54) is 51.3 Å². The number of thiazole rings is 1. The number of likely N-dealkylation sites (N-methyl/N-ethyl adjacent to an activating group) is 1. The topological polar surface area (TPSA) is 303 Å². The first-order valence-corrected chi connectivity index (χ1v) is 23.0. The van der Waals surface area contributed by atoms with Crippen LogP contribution < -0.4 is 26.0 Å². The van der Waals surface area contributed by atoms with Gasteiger partial charge >= 0.3 is 0 Å². The van der Waals surface area contributed by atoms with Crippen molar-refractivity contribution < 1.29 is 77.3 Å². The van der Waals surface area contributed by atoms with Crippen molar-refractivity contribution in [2.45, 2.75) is 88.4 Å². The summed E-state index contributed by atoms with van der Waals surface area (Å²) in [5, 5.41) is 48.2. The number of carbonyl (C=O) groups is 7. The number of aromatic nitrogens is 1. The van der Waals surface area contributed by atoms with Gasteiger partial charge in [0, 0.05) is 75.0 Å². The lowest BCUT2D eigenvalue weighted by atomic mass is 9.72. The van der Waals surface area contributed by atoms with Crippen LogP contribution in [-0.2, 0) is 66.2 Å². The van der Waals surface area contributed by atoms with Gasteiger partial charge in [-0.25, -0.2) is 4.98 Å². The van der Waals surface area contributed by atoms with Crippen LogP contribution >= 0.6 is 11.3 Å². The fourth-order valence-electron chi connectivity index (χ4n) is 9.47. The van der Waals surface area contributed by atoms with Crippen LogP contribution in [0.2, 0.25) is 0 Å². The van der Waals surface area contributed by atoms with Gasteiger partial charge in [0.1, 0.15) is 34.0 Å². The van der Waals surface area contributed by atoms with Crippen LogP contribution in [0.1, 0.15) is 86.5 Å². The Hall–Kier alpha value is -6.12. The summed E-state index contributed by atoms with van der Waals surface area (Å²) in [6.07, 6.45) is -4.56. The van der Waals surface area contributed by atoms with E-state index in [1.807, 2.05) is 6.92 Å². The average molecular weight is 980 g/mol. The predicted molar refractivity (Wildman–Crippen MR) is 237 cm³/mol. The van der Waals surface area contributed by atoms with E-state index in [0.29, 0.717) is 18.2 Å². The van der Waals surface area contributed by atoms with Gasteiger partial charge in [-0.05, 0) is 13.0 Å². The molecule has 8 rings (SSSR count). The lowest BCUT2D eigenvalue weighted by Crippen LogP contribution is -2.55. The molecule has 1 aromatic heterocycles. The molecule has 5 amide bonds. The highest BCUT2D eigenvalue weighted by Crippen LogP contribution is 2.54. The molecule has 3 fully saturated rings. The van der Waals surface area contributed by atoms with Crippen LogP contribution in [0.5, 0.6) is 17.2 Å². The molecule has 23 nitrogen and oxygen atoms in total. The first-order chi connectivity index (χ1) is 32.9. The van der Waals surface area contributed by atoms with Gasteiger partial charge in [-0.3, -0.25) is 38.5 Å². The van der Waals surface area contributed by atoms with Gasteiger partial charge < -0.3 is 69.9 Å². The van der Waals surface area contributed by atoms with Crippen molar-refractivity contribution in [2.24, 2.45) is 0 Å². The van der Waals surface area contributed by atoms with E-state index >= 15 is 0 Å². The van der Waals surface area contributed by atoms with E-state index in [9.17, 15) is 48.9 Å². The second-order valence-corrected chi connectivity index (χ2v) is 18.3. The molecule has 24 heteroatoms. The lowest BCUT2D eigenvalue weighted by molar-refractivity contribution is -0.256. The first kappa shape index (κ1) is 49.3. The Balaban J connectivity index is 1.00. The number of ether oxygens (including phenoxy) is 6. The summed E-state index contributed by atoms with van der Waals surface area (Å²) in [7, 11) is 4.36. The molecule has 0 spiro atoms. The minimum atomic E-state index is -1.91. The number of aliphatic hydroxyl groups is 1. The van der Waals surface area contributed by atoms with E-state index in [-0.39, 0.29) is 78.2 Å². The number of nitrogens with zero attached hydrogens (tertiary/aromatic N) is 3. The third-order valence-corrected chi connectivity index (χ3v) is 13.7. The molecule has 3 aromatic rings. The molecule has 2 aliphatic carbocycles. The Labute approximate surface area is 398 Å². The standard InChI is InChI=1S/C45H53N7O16S/c1-20-42-24(52-9-10-65-44(64-5)43(52)68-42)11-33(66-20)67-26-13-45(62,12-23-35(26)41(61)37-36(39(23)59)38(58)22-7-6-8-25(63-4)34(22)40(37)60)27-19-69-31(50-27)18-51(3)32(57)17-49-30(56)16-48-29(55)15-47-28(54)14-46-21(2)53/h6-8,19-20,24,26,33,42-44,59,61-62H,9-18H2,1-5H3,(H,46,53)(H,47,54)(H,48,55)(H,49,56)/t20-,24-,26-,33-,42+,43+,44-,45-/m0/s1. The zero-order valence-electron chi connectivity index (χ0n) is 38.3. The lowest BCUT2D eigenvalue weighted by Gasteiger charge is -2.43. The molecule has 8 atom stereocenters. The van der Waals surface area contributed by atoms with Gasteiger partial charge in [-0.2, -0.15) is 0 Å². The Morgan fingerprint density at radius 2 is 1.62 bits per heavy atom. The number of hydrogen-bond acceptors (Lipinski definition) is 19. The minimum absolute atomic E-state index is 0.00645. The van der Waals surface area contributed by atoms with Crippen LogP contribution in [0, 0.1) is 0 Å². The first-order valence-electron chi connectivity index (χ1n) is 22.1. The maximum Gasteiger partial charge on any atom is 0.242 e. The molecular formula is C45H53N7O16S. The molecule has 3 aliphatic heterocycles. The summed E-state index contributed by atoms with van der Waals surface area (Å²) in [5.74, 6) is -5.49. The molecular weight excluding hydrogens is 927 g/mol. The fraction of sp³-hybridized carbons (Fsp3) is 0.511. The highest BCUT2D eigenvalue weighted by atomic mass is 32.1. The van der Waals surface area contributed by atoms with Crippen molar-refractivity contribution in [3.8, 4) is 17.2 Å². The van der Waals surface area contributed by atoms with E-state index in [1.54, 1.807) is 5.38 Å². The molecule has 0 radical (unpaired) electrons. The monoisotopic (exact) mass is 979 g/mol. The van der Waals surface area contributed by atoms with Gasteiger partial charge in [-0.15, -0.1) is 11.3 Å². The van der Waals surface area contributed by atoms with E-state index in [0.717, 1.165) is 11.3 Å². The van der Waals surface area contributed by atoms with Crippen LogP contribution in [-0.4, -0.2) is 169 Å². The van der Waals surface area contributed by atoms with Crippen molar-refractivity contribution >= 4 is 52.4 Å². The number of benzene rings is 2. The highest BCUT2D eigenvalue weighted by molar-refractivity contribution is 7.09. The fourth-order valence-corrected chi connectivity index (χ4v) is 10.4. The van der Waals surface area contributed by atoms with Gasteiger partial charge in [0.25, 0.3) is 0 Å². The maximum atomic E-state index is 14.3. The van der Waals surface area contributed by atoms with Crippen molar-refractivity contribution in [3.05, 3.63) is 67.7 Å². The summed E-state index contributed by atoms with van der Waals surface area (Å²) in [4.78, 5) is 96.7. The van der Waals surface area contributed by atoms with Crippen molar-refractivity contribution in [3.63, 3.8) is 0 Å². The third kappa shape index (κ3) is 9.75. The Bertz CT molecular complexity index is 2570. The van der Waals surface area contributed by atoms with Gasteiger partial charge in [-0.1, -0.05) is 12.1 Å². The average Bonchev–Trinajstić information content (AvgIpc) is 3.97. The predicted octanol–water partition coefficient (Wildman–Crippen LogP) is -0.794. The Morgan fingerprint density at radius 3 is 2.30 bits per heavy atom. The van der Waals surface area contributed by atoms with Crippen molar-refractivity contribution in [1.29, 1.82) is 0 Å². The van der Waals surface area contributed by atoms with Crippen LogP contribution in [0.4, 0.5) is 0 Å². The summed E-state index contributed by atoms with van der Waals surface area (Å²) < 4.78 is 36.2. The molecule has 0 bridgehead atoms. The molecule has 4 heterocycles. The molecule has 3 saturated heterocycles. The van der Waals surface area contributed by atoms with Gasteiger partial charge in [0.2, 0.25) is 35.3 Å². The number of hydrogen-bond donors (Lipinski definition) is 7. The van der Waals surface area contributed by atoms with Crippen LogP contribution in [0.25, 0.3) is 0 Å². The Kier molecular flexibility index (Phi) is 14.3. The van der Waals surface area contributed by atoms with Crippen molar-refractivity contribution in [1.82, 2.24) is 36.1 Å². The largest absolute Gasteiger partial charge is 0.507 e. The second-order valence-electron chi connectivity index (χ2n) is 17.3. The number of morpholine rings is 1. The van der Waals surface area contributed by atoms with Gasteiger partial charge in [0.15, 0.2) is 24.6 Å². The number of fused-ring (bicyclic) bond motifs is 6.